The lowest BCUT2D eigenvalue weighted by Gasteiger charge is -2.24. The van der Waals surface area contributed by atoms with Crippen LogP contribution in [0.4, 0.5) is 0 Å². The molecule has 2 aromatic carbocycles. The highest BCUT2D eigenvalue weighted by Gasteiger charge is 2.32. The van der Waals surface area contributed by atoms with Crippen LogP contribution < -0.4 is 0 Å². The van der Waals surface area contributed by atoms with Crippen molar-refractivity contribution >= 4 is 16.9 Å². The normalized spacial score (nSPS) is 18.6. The number of aliphatic hydroxyl groups excluding tert-OH is 1. The summed E-state index contributed by atoms with van der Waals surface area (Å²) in [5, 5.41) is 10.4. The lowest BCUT2D eigenvalue weighted by molar-refractivity contribution is -0.134. The van der Waals surface area contributed by atoms with Crippen molar-refractivity contribution in [2.24, 2.45) is 0 Å². The van der Waals surface area contributed by atoms with Gasteiger partial charge < -0.3 is 15.0 Å². The standard InChI is InChI=1S/C20H21N3O2/c24-18(14-7-2-1-3-8-14)13-19(25)23-12-6-11-17(23)20-21-15-9-4-5-10-16(15)22-20/h1-5,7-10,17-18,24H,6,11-13H2,(H,21,22). The number of amides is 1. The second kappa shape index (κ2) is 6.69. The quantitative estimate of drug-likeness (QED) is 0.768. The third-order valence-corrected chi connectivity index (χ3v) is 4.85. The summed E-state index contributed by atoms with van der Waals surface area (Å²) in [4.78, 5) is 22.6. The van der Waals surface area contributed by atoms with E-state index in [0.29, 0.717) is 6.54 Å². The predicted molar refractivity (Wildman–Crippen MR) is 95.8 cm³/mol. The van der Waals surface area contributed by atoms with Gasteiger partial charge in [-0.1, -0.05) is 42.5 Å². The predicted octanol–water partition coefficient (Wildman–Crippen LogP) is 3.35. The first kappa shape index (κ1) is 15.8. The van der Waals surface area contributed by atoms with Gasteiger partial charge in [0.25, 0.3) is 0 Å². The second-order valence-corrected chi connectivity index (χ2v) is 6.51. The number of fused-ring (bicyclic) bond motifs is 1. The highest BCUT2D eigenvalue weighted by molar-refractivity contribution is 5.78. The van der Waals surface area contributed by atoms with E-state index in [0.717, 1.165) is 35.3 Å². The second-order valence-electron chi connectivity index (χ2n) is 6.51. The number of carbonyl (C=O) groups is 1. The smallest absolute Gasteiger partial charge is 0.226 e. The summed E-state index contributed by atoms with van der Waals surface area (Å²) >= 11 is 0. The third-order valence-electron chi connectivity index (χ3n) is 4.85. The largest absolute Gasteiger partial charge is 0.388 e. The van der Waals surface area contributed by atoms with Gasteiger partial charge in [-0.05, 0) is 30.5 Å². The summed E-state index contributed by atoms with van der Waals surface area (Å²) in [6.07, 6.45) is 1.17. The van der Waals surface area contributed by atoms with Gasteiger partial charge in [-0.2, -0.15) is 0 Å². The highest BCUT2D eigenvalue weighted by Crippen LogP contribution is 2.33. The summed E-state index contributed by atoms with van der Waals surface area (Å²) in [6, 6.07) is 17.2. The molecule has 0 bridgehead atoms. The van der Waals surface area contributed by atoms with Crippen molar-refractivity contribution < 1.29 is 9.90 Å². The number of rotatable bonds is 4. The molecule has 3 aromatic rings. The zero-order valence-electron chi connectivity index (χ0n) is 13.9. The zero-order valence-corrected chi connectivity index (χ0v) is 13.9. The topological polar surface area (TPSA) is 69.2 Å². The molecule has 2 N–H and O–H groups in total. The molecule has 0 spiro atoms. The molecule has 2 heterocycles. The van der Waals surface area contributed by atoms with Crippen molar-refractivity contribution in [3.63, 3.8) is 0 Å². The Bertz CT molecular complexity index is 842. The number of aromatic nitrogens is 2. The fourth-order valence-electron chi connectivity index (χ4n) is 3.56. The fourth-order valence-corrected chi connectivity index (χ4v) is 3.56. The minimum absolute atomic E-state index is 0.0284. The maximum Gasteiger partial charge on any atom is 0.226 e. The van der Waals surface area contributed by atoms with Gasteiger partial charge in [0.1, 0.15) is 5.82 Å². The first-order chi connectivity index (χ1) is 12.2. The molecule has 1 amide bonds. The summed E-state index contributed by atoms with van der Waals surface area (Å²) in [7, 11) is 0. The fraction of sp³-hybridized carbons (Fsp3) is 0.300. The third kappa shape index (κ3) is 3.15. The number of benzene rings is 2. The van der Waals surface area contributed by atoms with E-state index < -0.39 is 6.10 Å². The number of aliphatic hydroxyl groups is 1. The average Bonchev–Trinajstić information content (AvgIpc) is 3.28. The van der Waals surface area contributed by atoms with Gasteiger partial charge in [-0.3, -0.25) is 4.79 Å². The van der Waals surface area contributed by atoms with E-state index in [2.05, 4.69) is 9.97 Å². The number of carbonyl (C=O) groups excluding carboxylic acids is 1. The van der Waals surface area contributed by atoms with Crippen molar-refractivity contribution in [3.8, 4) is 0 Å². The number of nitrogens with zero attached hydrogens (tertiary/aromatic N) is 2. The van der Waals surface area contributed by atoms with Crippen LogP contribution in [0.15, 0.2) is 54.6 Å². The van der Waals surface area contributed by atoms with Gasteiger partial charge in [-0.15, -0.1) is 0 Å². The Kier molecular flexibility index (Phi) is 4.24. The molecule has 4 rings (SSSR count). The van der Waals surface area contributed by atoms with Gasteiger partial charge in [-0.25, -0.2) is 4.98 Å². The molecule has 25 heavy (non-hydrogen) atoms. The molecule has 1 saturated heterocycles. The molecule has 2 atom stereocenters. The summed E-state index contributed by atoms with van der Waals surface area (Å²) in [5.74, 6) is 0.806. The van der Waals surface area contributed by atoms with Crippen molar-refractivity contribution in [2.75, 3.05) is 6.54 Å². The van der Waals surface area contributed by atoms with Crippen LogP contribution in [0.25, 0.3) is 11.0 Å². The monoisotopic (exact) mass is 335 g/mol. The van der Waals surface area contributed by atoms with Crippen LogP contribution in [-0.2, 0) is 4.79 Å². The minimum atomic E-state index is -0.773. The van der Waals surface area contributed by atoms with E-state index in [1.165, 1.54) is 0 Å². The van der Waals surface area contributed by atoms with Gasteiger partial charge in [0.15, 0.2) is 0 Å². The van der Waals surface area contributed by atoms with Crippen LogP contribution in [0.1, 0.15) is 42.8 Å². The maximum atomic E-state index is 12.8. The molecule has 1 aliphatic heterocycles. The summed E-state index contributed by atoms with van der Waals surface area (Å²) < 4.78 is 0. The molecule has 5 heteroatoms. The SMILES string of the molecule is O=C(CC(O)c1ccccc1)N1CCCC1c1nc2ccccc2[nH]1. The minimum Gasteiger partial charge on any atom is -0.388 e. The first-order valence-corrected chi connectivity index (χ1v) is 8.69. The number of likely N-dealkylation sites (tertiary alicyclic amines) is 1. The van der Waals surface area contributed by atoms with Crippen molar-refractivity contribution in [3.05, 3.63) is 66.0 Å². The Hall–Kier alpha value is -2.66. The molecule has 0 saturated carbocycles. The molecule has 1 fully saturated rings. The number of hydrogen-bond acceptors (Lipinski definition) is 3. The molecular weight excluding hydrogens is 314 g/mol. The van der Waals surface area contributed by atoms with E-state index in [9.17, 15) is 9.90 Å². The van der Waals surface area contributed by atoms with Gasteiger partial charge in [0.2, 0.25) is 5.91 Å². The van der Waals surface area contributed by atoms with Crippen molar-refractivity contribution in [1.82, 2.24) is 14.9 Å². The molecule has 2 unspecified atom stereocenters. The van der Waals surface area contributed by atoms with Crippen molar-refractivity contribution in [2.45, 2.75) is 31.4 Å². The maximum absolute atomic E-state index is 12.8. The van der Waals surface area contributed by atoms with Crippen LogP contribution in [0.2, 0.25) is 0 Å². The average molecular weight is 335 g/mol. The number of aromatic amines is 1. The Balaban J connectivity index is 1.51. The zero-order chi connectivity index (χ0) is 17.2. The van der Waals surface area contributed by atoms with Gasteiger partial charge in [0, 0.05) is 6.54 Å². The molecule has 0 aliphatic carbocycles. The van der Waals surface area contributed by atoms with E-state index in [-0.39, 0.29) is 18.4 Å². The van der Waals surface area contributed by atoms with E-state index in [1.807, 2.05) is 59.5 Å². The Morgan fingerprint density at radius 2 is 1.96 bits per heavy atom. The van der Waals surface area contributed by atoms with Gasteiger partial charge >= 0.3 is 0 Å². The molecule has 1 aromatic heterocycles. The molecule has 5 nitrogen and oxygen atoms in total. The number of para-hydroxylation sites is 2. The van der Waals surface area contributed by atoms with Crippen LogP contribution in [0, 0.1) is 0 Å². The summed E-state index contributed by atoms with van der Waals surface area (Å²) in [5.41, 5.74) is 2.68. The highest BCUT2D eigenvalue weighted by atomic mass is 16.3. The lowest BCUT2D eigenvalue weighted by atomic mass is 10.1. The molecule has 0 radical (unpaired) electrons. The van der Waals surface area contributed by atoms with Crippen LogP contribution in [0.3, 0.4) is 0 Å². The molecule has 128 valence electrons. The van der Waals surface area contributed by atoms with Crippen LogP contribution >= 0.6 is 0 Å². The molecule has 1 aliphatic rings. The Labute approximate surface area is 146 Å². The Morgan fingerprint density at radius 1 is 1.20 bits per heavy atom. The van der Waals surface area contributed by atoms with Gasteiger partial charge in [0.05, 0.1) is 29.6 Å². The number of H-pyrrole nitrogens is 1. The van der Waals surface area contributed by atoms with Crippen molar-refractivity contribution in [1.29, 1.82) is 0 Å². The van der Waals surface area contributed by atoms with Crippen LogP contribution in [-0.4, -0.2) is 32.4 Å². The number of nitrogens with one attached hydrogen (secondary N) is 1. The number of imidazole rings is 1. The van der Waals surface area contributed by atoms with Crippen LogP contribution in [0.5, 0.6) is 0 Å². The lowest BCUT2D eigenvalue weighted by Crippen LogP contribution is -2.32. The summed E-state index contributed by atoms with van der Waals surface area (Å²) in [6.45, 7) is 0.710. The van der Waals surface area contributed by atoms with E-state index in [1.54, 1.807) is 0 Å². The molecular formula is C20H21N3O2. The van der Waals surface area contributed by atoms with E-state index >= 15 is 0 Å². The van der Waals surface area contributed by atoms with E-state index in [4.69, 9.17) is 0 Å². The first-order valence-electron chi connectivity index (χ1n) is 8.69. The number of hydrogen-bond donors (Lipinski definition) is 2. The Morgan fingerprint density at radius 3 is 2.76 bits per heavy atom.